The van der Waals surface area contributed by atoms with Crippen LogP contribution < -0.4 is 11.3 Å². The Hall–Kier alpha value is -1.24. The lowest BCUT2D eigenvalue weighted by Gasteiger charge is -2.10. The predicted octanol–water partition coefficient (Wildman–Crippen LogP) is 1.12. The van der Waals surface area contributed by atoms with Gasteiger partial charge in [0.2, 0.25) is 0 Å². The number of hydrogen-bond donors (Lipinski definition) is 2. The zero-order chi connectivity index (χ0) is 8.97. The minimum absolute atomic E-state index is 0.00579. The number of terminal acetylenes is 1. The van der Waals surface area contributed by atoms with Crippen LogP contribution in [0.25, 0.3) is 0 Å². The summed E-state index contributed by atoms with van der Waals surface area (Å²) in [6.45, 7) is 1.89. The van der Waals surface area contributed by atoms with Gasteiger partial charge in [-0.05, 0) is 13.0 Å². The van der Waals surface area contributed by atoms with E-state index in [4.69, 9.17) is 16.7 Å². The Morgan fingerprint density at radius 1 is 1.83 bits per heavy atom. The minimum atomic E-state index is -0.00579. The second-order valence-corrected chi connectivity index (χ2v) is 2.56. The molecule has 0 radical (unpaired) electrons. The molecule has 1 aromatic rings. The van der Waals surface area contributed by atoms with Crippen LogP contribution in [0.1, 0.15) is 23.8 Å². The van der Waals surface area contributed by atoms with E-state index < -0.39 is 0 Å². The van der Waals surface area contributed by atoms with Crippen molar-refractivity contribution in [2.75, 3.05) is 0 Å². The van der Waals surface area contributed by atoms with Gasteiger partial charge >= 0.3 is 0 Å². The van der Waals surface area contributed by atoms with Crippen molar-refractivity contribution < 1.29 is 4.42 Å². The van der Waals surface area contributed by atoms with Gasteiger partial charge in [-0.3, -0.25) is 11.3 Å². The highest BCUT2D eigenvalue weighted by molar-refractivity contribution is 5.21. The first-order valence-corrected chi connectivity index (χ1v) is 3.73. The molecular formula is C9H12N2O. The van der Waals surface area contributed by atoms with Crippen LogP contribution in [0.4, 0.5) is 0 Å². The maximum absolute atomic E-state index is 5.33. The molecule has 0 saturated carbocycles. The maximum Gasteiger partial charge on any atom is 0.105 e. The van der Waals surface area contributed by atoms with Gasteiger partial charge in [0.15, 0.2) is 0 Å². The minimum Gasteiger partial charge on any atom is -0.469 e. The lowest BCUT2D eigenvalue weighted by Crippen LogP contribution is -2.27. The zero-order valence-corrected chi connectivity index (χ0v) is 7.00. The van der Waals surface area contributed by atoms with E-state index in [1.54, 1.807) is 6.26 Å². The molecule has 0 aliphatic carbocycles. The second-order valence-electron chi connectivity index (χ2n) is 2.56. The van der Waals surface area contributed by atoms with Gasteiger partial charge < -0.3 is 4.42 Å². The number of hydrazine groups is 1. The zero-order valence-electron chi connectivity index (χ0n) is 7.00. The molecule has 64 valence electrons. The van der Waals surface area contributed by atoms with Crippen molar-refractivity contribution in [3.8, 4) is 12.3 Å². The third kappa shape index (κ3) is 1.67. The normalized spacial score (nSPS) is 12.4. The Balaban J connectivity index is 2.81. The first-order valence-electron chi connectivity index (χ1n) is 3.73. The van der Waals surface area contributed by atoms with E-state index in [9.17, 15) is 0 Å². The standard InChI is InChI=1S/C9H12N2O/c1-3-4-9(11-10)8-5-6-12-7(8)2/h1,5-6,9,11H,4,10H2,2H3. The Kier molecular flexibility index (Phi) is 2.92. The number of nitrogens with two attached hydrogens (primary N) is 1. The second kappa shape index (κ2) is 3.96. The molecule has 1 atom stereocenters. The number of nitrogens with one attached hydrogen (secondary N) is 1. The van der Waals surface area contributed by atoms with Gasteiger partial charge in [-0.25, -0.2) is 0 Å². The van der Waals surface area contributed by atoms with Gasteiger partial charge in [0.1, 0.15) is 5.76 Å². The highest BCUT2D eigenvalue weighted by Gasteiger charge is 2.12. The van der Waals surface area contributed by atoms with Crippen LogP contribution >= 0.6 is 0 Å². The van der Waals surface area contributed by atoms with Crippen molar-refractivity contribution in [3.05, 3.63) is 23.7 Å². The van der Waals surface area contributed by atoms with E-state index in [1.807, 2.05) is 13.0 Å². The van der Waals surface area contributed by atoms with Crippen LogP contribution in [-0.4, -0.2) is 0 Å². The Bertz CT molecular complexity index is 285. The molecule has 0 aromatic carbocycles. The van der Waals surface area contributed by atoms with Crippen LogP contribution in [-0.2, 0) is 0 Å². The predicted molar refractivity (Wildman–Crippen MR) is 47.0 cm³/mol. The Morgan fingerprint density at radius 2 is 2.58 bits per heavy atom. The first kappa shape index (κ1) is 8.85. The summed E-state index contributed by atoms with van der Waals surface area (Å²) in [6, 6.07) is 1.87. The largest absolute Gasteiger partial charge is 0.469 e. The van der Waals surface area contributed by atoms with Crippen molar-refractivity contribution in [1.29, 1.82) is 0 Å². The highest BCUT2D eigenvalue weighted by Crippen LogP contribution is 2.19. The summed E-state index contributed by atoms with van der Waals surface area (Å²) in [5, 5.41) is 0. The van der Waals surface area contributed by atoms with Gasteiger partial charge in [-0.2, -0.15) is 0 Å². The quantitative estimate of drug-likeness (QED) is 0.400. The molecule has 1 aromatic heterocycles. The molecule has 3 N–H and O–H groups in total. The molecule has 0 fully saturated rings. The van der Waals surface area contributed by atoms with Crippen LogP contribution in [0, 0.1) is 19.3 Å². The van der Waals surface area contributed by atoms with Crippen molar-refractivity contribution in [2.24, 2.45) is 5.84 Å². The van der Waals surface area contributed by atoms with Gasteiger partial charge in [0, 0.05) is 12.0 Å². The molecule has 0 aliphatic heterocycles. The lowest BCUT2D eigenvalue weighted by atomic mass is 10.1. The SMILES string of the molecule is C#CCC(NN)c1ccoc1C. The Morgan fingerprint density at radius 3 is 3.00 bits per heavy atom. The van der Waals surface area contributed by atoms with E-state index in [0.29, 0.717) is 6.42 Å². The third-order valence-corrected chi connectivity index (χ3v) is 1.80. The van der Waals surface area contributed by atoms with Crippen molar-refractivity contribution in [3.63, 3.8) is 0 Å². The van der Waals surface area contributed by atoms with Crippen LogP contribution in [0.3, 0.4) is 0 Å². The molecule has 12 heavy (non-hydrogen) atoms. The lowest BCUT2D eigenvalue weighted by molar-refractivity contribution is 0.507. The highest BCUT2D eigenvalue weighted by atomic mass is 16.3. The number of hydrogen-bond acceptors (Lipinski definition) is 3. The first-order chi connectivity index (χ1) is 5.79. The molecule has 1 heterocycles. The summed E-state index contributed by atoms with van der Waals surface area (Å²) in [5.41, 5.74) is 3.67. The van der Waals surface area contributed by atoms with Crippen molar-refractivity contribution in [1.82, 2.24) is 5.43 Å². The summed E-state index contributed by atoms with van der Waals surface area (Å²) in [4.78, 5) is 0. The van der Waals surface area contributed by atoms with Gasteiger partial charge in [-0.15, -0.1) is 12.3 Å². The summed E-state index contributed by atoms with van der Waals surface area (Å²) in [5.74, 6) is 8.74. The van der Waals surface area contributed by atoms with E-state index >= 15 is 0 Å². The van der Waals surface area contributed by atoms with Gasteiger partial charge in [-0.1, -0.05) is 0 Å². The van der Waals surface area contributed by atoms with Gasteiger partial charge in [0.05, 0.1) is 12.3 Å². The molecule has 0 aliphatic rings. The average molecular weight is 164 g/mol. The Labute approximate surface area is 71.9 Å². The van der Waals surface area contributed by atoms with Crippen molar-refractivity contribution in [2.45, 2.75) is 19.4 Å². The summed E-state index contributed by atoms with van der Waals surface area (Å²) in [7, 11) is 0. The molecular weight excluding hydrogens is 152 g/mol. The number of aryl methyl sites for hydroxylation is 1. The van der Waals surface area contributed by atoms with Crippen LogP contribution in [0.5, 0.6) is 0 Å². The smallest absolute Gasteiger partial charge is 0.105 e. The van der Waals surface area contributed by atoms with E-state index in [2.05, 4.69) is 11.3 Å². The third-order valence-electron chi connectivity index (χ3n) is 1.80. The molecule has 1 unspecified atom stereocenters. The summed E-state index contributed by atoms with van der Waals surface area (Å²) in [6.07, 6.45) is 7.38. The molecule has 1 rings (SSSR count). The van der Waals surface area contributed by atoms with Crippen molar-refractivity contribution >= 4 is 0 Å². The summed E-state index contributed by atoms with van der Waals surface area (Å²) >= 11 is 0. The fourth-order valence-corrected chi connectivity index (χ4v) is 1.13. The fourth-order valence-electron chi connectivity index (χ4n) is 1.13. The molecule has 0 saturated heterocycles. The van der Waals surface area contributed by atoms with Crippen LogP contribution in [0.15, 0.2) is 16.7 Å². The van der Waals surface area contributed by atoms with E-state index in [-0.39, 0.29) is 6.04 Å². The number of furan rings is 1. The van der Waals surface area contributed by atoms with E-state index in [1.165, 1.54) is 0 Å². The topological polar surface area (TPSA) is 51.2 Å². The maximum atomic E-state index is 5.33. The molecule has 0 spiro atoms. The molecule has 0 bridgehead atoms. The van der Waals surface area contributed by atoms with E-state index in [0.717, 1.165) is 11.3 Å². The molecule has 3 nitrogen and oxygen atoms in total. The molecule has 0 amide bonds. The monoisotopic (exact) mass is 164 g/mol. The van der Waals surface area contributed by atoms with Crippen LogP contribution in [0.2, 0.25) is 0 Å². The number of rotatable bonds is 3. The van der Waals surface area contributed by atoms with Gasteiger partial charge in [0.25, 0.3) is 0 Å². The average Bonchev–Trinajstić information content (AvgIpc) is 2.47. The fraction of sp³-hybridized carbons (Fsp3) is 0.333. The molecule has 3 heteroatoms. The summed E-state index contributed by atoms with van der Waals surface area (Å²) < 4.78 is 5.13.